The van der Waals surface area contributed by atoms with E-state index in [2.05, 4.69) is 20.6 Å². The molecule has 2 heterocycles. The number of rotatable bonds is 1. The summed E-state index contributed by atoms with van der Waals surface area (Å²) >= 11 is 0. The van der Waals surface area contributed by atoms with Gasteiger partial charge in [0.1, 0.15) is 12.0 Å². The van der Waals surface area contributed by atoms with Crippen LogP contribution in [-0.4, -0.2) is 30.0 Å². The molecule has 6 heteroatoms. The van der Waals surface area contributed by atoms with Crippen LogP contribution in [0.15, 0.2) is 6.33 Å². The van der Waals surface area contributed by atoms with Crippen molar-refractivity contribution in [2.45, 2.75) is 13.8 Å². The zero-order valence-corrected chi connectivity index (χ0v) is 7.76. The fourth-order valence-electron chi connectivity index (χ4n) is 1.36. The maximum atomic E-state index is 4.27. The van der Waals surface area contributed by atoms with Crippen molar-refractivity contribution in [3.63, 3.8) is 0 Å². The predicted molar refractivity (Wildman–Crippen MR) is 45.4 cm³/mol. The highest BCUT2D eigenvalue weighted by atomic mass is 15.5. The third kappa shape index (κ3) is 1.10. The topological polar surface area (TPSA) is 61.4 Å². The molecule has 0 N–H and O–H groups in total. The second kappa shape index (κ2) is 2.65. The highest BCUT2D eigenvalue weighted by Gasteiger charge is 2.11. The van der Waals surface area contributed by atoms with E-state index in [1.54, 1.807) is 11.0 Å². The average molecular weight is 178 g/mol. The minimum Gasteiger partial charge on any atom is -0.270 e. The van der Waals surface area contributed by atoms with E-state index in [1.165, 1.54) is 0 Å². The molecule has 2 rings (SSSR count). The van der Waals surface area contributed by atoms with Gasteiger partial charge in [0.25, 0.3) is 0 Å². The lowest BCUT2D eigenvalue weighted by atomic mass is 10.3. The Morgan fingerprint density at radius 3 is 2.54 bits per heavy atom. The Morgan fingerprint density at radius 2 is 2.08 bits per heavy atom. The van der Waals surface area contributed by atoms with Crippen molar-refractivity contribution in [2.75, 3.05) is 0 Å². The molecule has 0 aliphatic carbocycles. The van der Waals surface area contributed by atoms with Gasteiger partial charge in [-0.3, -0.25) is 4.68 Å². The van der Waals surface area contributed by atoms with Crippen LogP contribution in [0.4, 0.5) is 0 Å². The van der Waals surface area contributed by atoms with Crippen LogP contribution in [0.3, 0.4) is 0 Å². The Labute approximate surface area is 75.2 Å². The largest absolute Gasteiger partial charge is 0.270 e. The van der Waals surface area contributed by atoms with Crippen LogP contribution in [0.2, 0.25) is 0 Å². The van der Waals surface area contributed by atoms with Crippen molar-refractivity contribution in [1.82, 2.24) is 30.0 Å². The van der Waals surface area contributed by atoms with Gasteiger partial charge in [-0.05, 0) is 24.3 Å². The van der Waals surface area contributed by atoms with Crippen molar-refractivity contribution < 1.29 is 0 Å². The van der Waals surface area contributed by atoms with Gasteiger partial charge in [0, 0.05) is 7.05 Å². The van der Waals surface area contributed by atoms with Gasteiger partial charge in [-0.25, -0.2) is 0 Å². The molecule has 6 nitrogen and oxygen atoms in total. The smallest absolute Gasteiger partial charge is 0.144 e. The lowest BCUT2D eigenvalue weighted by Crippen LogP contribution is -1.99. The number of hydrogen-bond donors (Lipinski definition) is 0. The first-order valence-corrected chi connectivity index (χ1v) is 3.93. The molecular weight excluding hydrogens is 168 g/mol. The molecule has 0 saturated carbocycles. The minimum atomic E-state index is 0.923. The summed E-state index contributed by atoms with van der Waals surface area (Å²) in [5, 5.41) is 15.3. The van der Waals surface area contributed by atoms with Gasteiger partial charge in [-0.1, -0.05) is 0 Å². The van der Waals surface area contributed by atoms with Gasteiger partial charge < -0.3 is 0 Å². The number of aryl methyl sites for hydroxylation is 2. The number of tetrazole rings is 1. The molecule has 13 heavy (non-hydrogen) atoms. The molecule has 0 bridgehead atoms. The molecule has 0 aliphatic rings. The molecule has 0 amide bonds. The van der Waals surface area contributed by atoms with E-state index in [1.807, 2.05) is 25.6 Å². The summed E-state index contributed by atoms with van der Waals surface area (Å²) in [6, 6.07) is 0. The van der Waals surface area contributed by atoms with Crippen LogP contribution in [0.1, 0.15) is 11.4 Å². The molecule has 2 aromatic rings. The fourth-order valence-corrected chi connectivity index (χ4v) is 1.36. The van der Waals surface area contributed by atoms with Crippen LogP contribution in [0.5, 0.6) is 0 Å². The molecule has 0 spiro atoms. The molecule has 0 radical (unpaired) electrons. The quantitative estimate of drug-likeness (QED) is 0.617. The minimum absolute atomic E-state index is 0.923. The van der Waals surface area contributed by atoms with Crippen molar-refractivity contribution in [3.8, 4) is 5.69 Å². The van der Waals surface area contributed by atoms with Crippen LogP contribution in [0.25, 0.3) is 5.69 Å². The summed E-state index contributed by atoms with van der Waals surface area (Å²) in [7, 11) is 1.90. The molecule has 0 saturated heterocycles. The lowest BCUT2D eigenvalue weighted by Gasteiger charge is -1.97. The number of aromatic nitrogens is 6. The van der Waals surface area contributed by atoms with E-state index >= 15 is 0 Å². The predicted octanol–water partition coefficient (Wildman–Crippen LogP) is 0.0126. The molecule has 0 aromatic carbocycles. The Morgan fingerprint density at radius 1 is 1.31 bits per heavy atom. The molecule has 0 atom stereocenters. The summed E-state index contributed by atoms with van der Waals surface area (Å²) in [6.45, 7) is 3.92. The summed E-state index contributed by atoms with van der Waals surface area (Å²) < 4.78 is 3.43. The maximum Gasteiger partial charge on any atom is 0.144 e. The Balaban J connectivity index is 2.64. The third-order valence-corrected chi connectivity index (χ3v) is 2.05. The maximum absolute atomic E-state index is 4.27. The van der Waals surface area contributed by atoms with Crippen LogP contribution in [-0.2, 0) is 7.05 Å². The summed E-state index contributed by atoms with van der Waals surface area (Å²) in [5.41, 5.74) is 2.92. The Hall–Kier alpha value is -1.72. The number of nitrogens with zero attached hydrogens (tertiary/aromatic N) is 6. The second-order valence-corrected chi connectivity index (χ2v) is 2.90. The van der Waals surface area contributed by atoms with Crippen LogP contribution in [0, 0.1) is 13.8 Å². The van der Waals surface area contributed by atoms with Crippen molar-refractivity contribution in [1.29, 1.82) is 0 Å². The van der Waals surface area contributed by atoms with Crippen LogP contribution >= 0.6 is 0 Å². The van der Waals surface area contributed by atoms with E-state index in [4.69, 9.17) is 0 Å². The lowest BCUT2D eigenvalue weighted by molar-refractivity contribution is 0.727. The van der Waals surface area contributed by atoms with E-state index in [0.29, 0.717) is 0 Å². The molecule has 68 valence electrons. The Bertz CT molecular complexity index is 412. The standard InChI is InChI=1S/C7H10N6/c1-5-7(6(2)12(3)9-5)13-4-8-10-11-13/h4H,1-3H3. The van der Waals surface area contributed by atoms with Gasteiger partial charge >= 0.3 is 0 Å². The first-order chi connectivity index (χ1) is 6.20. The summed E-state index contributed by atoms with van der Waals surface area (Å²) in [6.07, 6.45) is 1.57. The zero-order valence-electron chi connectivity index (χ0n) is 7.76. The van der Waals surface area contributed by atoms with E-state index in [9.17, 15) is 0 Å². The van der Waals surface area contributed by atoms with E-state index < -0.39 is 0 Å². The molecule has 0 fully saturated rings. The van der Waals surface area contributed by atoms with Crippen molar-refractivity contribution in [3.05, 3.63) is 17.7 Å². The van der Waals surface area contributed by atoms with Gasteiger partial charge in [-0.2, -0.15) is 9.78 Å². The highest BCUT2D eigenvalue weighted by molar-refractivity contribution is 5.39. The van der Waals surface area contributed by atoms with Gasteiger partial charge in [0.05, 0.1) is 11.4 Å². The van der Waals surface area contributed by atoms with Gasteiger partial charge in [0.2, 0.25) is 0 Å². The molecule has 0 aliphatic heterocycles. The normalized spacial score (nSPS) is 10.7. The second-order valence-electron chi connectivity index (χ2n) is 2.90. The molecule has 2 aromatic heterocycles. The zero-order chi connectivity index (χ0) is 9.42. The van der Waals surface area contributed by atoms with E-state index in [-0.39, 0.29) is 0 Å². The monoisotopic (exact) mass is 178 g/mol. The summed E-state index contributed by atoms with van der Waals surface area (Å²) in [4.78, 5) is 0. The fraction of sp³-hybridized carbons (Fsp3) is 0.429. The first kappa shape index (κ1) is 7.90. The van der Waals surface area contributed by atoms with Gasteiger partial charge in [0.15, 0.2) is 0 Å². The number of hydrogen-bond acceptors (Lipinski definition) is 4. The highest BCUT2D eigenvalue weighted by Crippen LogP contribution is 2.14. The van der Waals surface area contributed by atoms with Crippen molar-refractivity contribution >= 4 is 0 Å². The van der Waals surface area contributed by atoms with Crippen LogP contribution < -0.4 is 0 Å². The molecule has 0 unspecified atom stereocenters. The van der Waals surface area contributed by atoms with Crippen molar-refractivity contribution in [2.24, 2.45) is 7.05 Å². The third-order valence-electron chi connectivity index (χ3n) is 2.05. The van der Waals surface area contributed by atoms with Gasteiger partial charge in [-0.15, -0.1) is 5.10 Å². The summed E-state index contributed by atoms with van der Waals surface area (Å²) in [5.74, 6) is 0. The first-order valence-electron chi connectivity index (χ1n) is 3.93. The average Bonchev–Trinajstić information content (AvgIpc) is 2.63. The molecular formula is C7H10N6. The Kier molecular flexibility index (Phi) is 1.61. The van der Waals surface area contributed by atoms with E-state index in [0.717, 1.165) is 17.1 Å². The SMILES string of the molecule is Cc1nn(C)c(C)c1-n1cnnn1.